The minimum Gasteiger partial charge on any atom is -0.265 e. The molecule has 2 heteroatoms. The van der Waals surface area contributed by atoms with Crippen LogP contribution in [0.15, 0.2) is 278 Å². The van der Waals surface area contributed by atoms with E-state index in [1.54, 1.807) is 0 Å². The van der Waals surface area contributed by atoms with E-state index in [-0.39, 0.29) is 0 Å². The molecular weight excluding hydrogens is 1570 g/mol. The van der Waals surface area contributed by atoms with Crippen LogP contribution in [-0.4, -0.2) is 9.97 Å². The quantitative estimate of drug-likeness (QED) is 0.128. The zero-order valence-electron chi connectivity index (χ0n) is 74.8. The monoisotopic (exact) mass is 1660 g/mol. The molecule has 0 saturated heterocycles. The number of fused-ring (bicyclic) bond motifs is 8. The fourth-order valence-corrected chi connectivity index (χ4v) is 20.1. The molecule has 0 unspecified atom stereocenters. The highest BCUT2D eigenvalue weighted by molar-refractivity contribution is 6.03. The molecule has 616 valence electrons. The highest BCUT2D eigenvalue weighted by Crippen LogP contribution is 2.50. The van der Waals surface area contributed by atoms with Crippen LogP contribution in [0, 0.1) is 94.7 Å². The second-order valence-corrected chi connectivity index (χ2v) is 33.6. The Morgan fingerprint density at radius 2 is 0.362 bits per heavy atom. The minimum atomic E-state index is 0.866. The molecule has 0 radical (unpaired) electrons. The zero-order chi connectivity index (χ0) is 88.6. The van der Waals surface area contributed by atoms with Crippen molar-refractivity contribution < 1.29 is 0 Å². The van der Waals surface area contributed by atoms with Gasteiger partial charge in [0.1, 0.15) is 0 Å². The molecule has 10 aliphatic rings. The first-order chi connectivity index (χ1) is 64.1. The summed E-state index contributed by atoms with van der Waals surface area (Å²) in [4.78, 5) is 8.33. The second kappa shape index (κ2) is 37.6. The largest absolute Gasteiger partial charge is 0.265 e. The van der Waals surface area contributed by atoms with Gasteiger partial charge in [-0.1, -0.05) is 254 Å². The van der Waals surface area contributed by atoms with Gasteiger partial charge in [0.2, 0.25) is 0 Å². The normalized spacial score (nSPS) is 14.1. The van der Waals surface area contributed by atoms with Crippen molar-refractivity contribution in [3.63, 3.8) is 0 Å². The van der Waals surface area contributed by atoms with Crippen LogP contribution >= 0.6 is 0 Å². The summed E-state index contributed by atoms with van der Waals surface area (Å²) in [5.41, 5.74) is 56.2. The van der Waals surface area contributed by atoms with Crippen LogP contribution < -0.4 is 0 Å². The van der Waals surface area contributed by atoms with Gasteiger partial charge < -0.3 is 0 Å². The van der Waals surface area contributed by atoms with Crippen molar-refractivity contribution in [2.75, 3.05) is 0 Å². The lowest BCUT2D eigenvalue weighted by Crippen LogP contribution is -2.02. The van der Waals surface area contributed by atoms with Crippen LogP contribution in [-0.2, 0) is 51.4 Å². The third-order valence-electron chi connectivity index (χ3n) is 26.1. The molecule has 0 saturated carbocycles. The van der Waals surface area contributed by atoms with Crippen molar-refractivity contribution >= 4 is 82.0 Å². The number of benzene rings is 10. The third kappa shape index (κ3) is 16.4. The van der Waals surface area contributed by atoms with E-state index in [0.717, 1.165) is 86.5 Å². The molecule has 2 nitrogen and oxygen atoms in total. The number of rotatable bonds is 10. The molecule has 0 N–H and O–H groups in total. The van der Waals surface area contributed by atoms with E-state index in [1.807, 2.05) is 80.2 Å². The molecule has 22 rings (SSSR count). The van der Waals surface area contributed by atoms with Crippen molar-refractivity contribution in [2.45, 2.75) is 120 Å². The summed E-state index contributed by atoms with van der Waals surface area (Å²) >= 11 is 0. The van der Waals surface area contributed by atoms with Gasteiger partial charge in [-0.25, -0.2) is 0 Å². The summed E-state index contributed by atoms with van der Waals surface area (Å²) in [6, 6.07) is 68.6. The average molecular weight is 1660 g/mol. The predicted octanol–water partition coefficient (Wildman–Crippen LogP) is 28.1. The number of aromatic nitrogens is 2. The molecule has 2 heterocycles. The molecule has 2 aromatic heterocycles. The lowest BCUT2D eigenvalue weighted by atomic mass is 9.88. The standard InChI is InChI=1S/C42H30.C30H22.C28H20N2.C28H22/c1-3-11-37-39-25-35(33-21-17-31(18-22-33)29-13-7-5-8-14-29)27-41(39)38(12-4-2)42-28-36(26-40(37)42)34-23-19-32(20-24-34)30-15-9-6-10-16-30;1-3-11-25-27-17-23(21-13-7-5-8-14-21)19-29(27)26(12-4-2)30-20-24(18-28(25)30)22-15-9-6-10-16-22;1-3-5-23-25-15-21(19-7-11-29-12-8-19)17-27(25)24(6-4-2)28-18-22(16-26(23)28)20-9-13-30-14-10-20;1-3-9-23-25-15-21(19-11-5-6-12-19)17-27(25)24(10-4-2)28-18-22(16-26(23)28)20-13-7-8-14-20/h5-10,13-25,28H,26-27H2,1-2H3;5-10,13-17,20H,18-19H2,1-2H3;7-15,18H,16-17H2,1-2H3;5-8,11,13,15,18H,12,14,16-17H2,1-2H3. The lowest BCUT2D eigenvalue weighted by molar-refractivity contribution is 1.12. The predicted molar refractivity (Wildman–Crippen MR) is 548 cm³/mol. The Balaban J connectivity index is 0.000000114. The first kappa shape index (κ1) is 83.4. The van der Waals surface area contributed by atoms with Crippen molar-refractivity contribution in [1.82, 2.24) is 9.97 Å². The number of allylic oxidation sites excluding steroid dienone is 16. The molecule has 0 atom stereocenters. The van der Waals surface area contributed by atoms with Crippen LogP contribution in [0.1, 0.15) is 235 Å². The molecular formula is C128H94N2. The van der Waals surface area contributed by atoms with Gasteiger partial charge in [-0.2, -0.15) is 0 Å². The zero-order valence-corrected chi connectivity index (χ0v) is 74.8. The Morgan fingerprint density at radius 3 is 0.569 bits per heavy atom. The number of hydrogen-bond donors (Lipinski definition) is 0. The Hall–Kier alpha value is -16.1. The summed E-state index contributed by atoms with van der Waals surface area (Å²) in [7, 11) is 0. The van der Waals surface area contributed by atoms with Gasteiger partial charge >= 0.3 is 0 Å². The Morgan fingerprint density at radius 1 is 0.185 bits per heavy atom. The molecule has 10 aromatic carbocycles. The molecule has 12 aromatic rings. The SMILES string of the molecule is CC#Cc1c2c(c(C#CC)c3c1CC(C1=CC=CC1)=C3)CC(C1=CC=CC1)=C2.CC#Cc1c2c(c(C#CC)c3c1CC(c1ccc(-c4ccccc4)cc1)=C3)CC(c1ccc(-c3ccccc3)cc1)=C2.CC#Cc1c2c(c(C#CC)c3c1CC(c1ccccc1)=C3)CC(c1ccccc1)=C2.CC#Cc1c2c(c(C#CC)c3c1CC(c1ccncc1)=C3)CC(c1ccncc1)=C2. The Kier molecular flexibility index (Phi) is 24.1. The number of hydrogen-bond acceptors (Lipinski definition) is 2. The summed E-state index contributed by atoms with van der Waals surface area (Å²) in [5.74, 6) is 53.1. The van der Waals surface area contributed by atoms with Gasteiger partial charge in [-0.15, -0.1) is 47.4 Å². The summed E-state index contributed by atoms with van der Waals surface area (Å²) in [6.45, 7) is 15.4. The van der Waals surface area contributed by atoms with E-state index in [4.69, 9.17) is 0 Å². The van der Waals surface area contributed by atoms with Crippen LogP contribution in [0.3, 0.4) is 0 Å². The highest BCUT2D eigenvalue weighted by Gasteiger charge is 2.35. The molecule has 130 heavy (non-hydrogen) atoms. The van der Waals surface area contributed by atoms with E-state index < -0.39 is 0 Å². The molecule has 0 amide bonds. The first-order valence-electron chi connectivity index (χ1n) is 45.0. The highest BCUT2D eigenvalue weighted by atomic mass is 14.6. The lowest BCUT2D eigenvalue weighted by Gasteiger charge is -2.14. The van der Waals surface area contributed by atoms with Gasteiger partial charge in [-0.3, -0.25) is 9.97 Å². The fraction of sp³-hybridized carbons (Fsp3) is 0.141. The van der Waals surface area contributed by atoms with Crippen LogP contribution in [0.25, 0.3) is 104 Å². The van der Waals surface area contributed by atoms with E-state index in [1.165, 1.54) is 223 Å². The molecule has 0 fully saturated rings. The maximum Gasteiger partial charge on any atom is 0.0362 e. The molecule has 0 spiro atoms. The maximum atomic E-state index is 4.16. The van der Waals surface area contributed by atoms with Crippen molar-refractivity contribution in [2.24, 2.45) is 0 Å². The van der Waals surface area contributed by atoms with Gasteiger partial charge in [-0.05, 0) is 393 Å². The summed E-state index contributed by atoms with van der Waals surface area (Å²) in [6.07, 6.45) is 48.7. The third-order valence-corrected chi connectivity index (χ3v) is 26.1. The van der Waals surface area contributed by atoms with Gasteiger partial charge in [0, 0.05) is 69.3 Å². The van der Waals surface area contributed by atoms with Crippen LogP contribution in [0.5, 0.6) is 0 Å². The molecule has 0 bridgehead atoms. The van der Waals surface area contributed by atoms with E-state index in [9.17, 15) is 0 Å². The number of nitrogens with zero attached hydrogens (tertiary/aromatic N) is 2. The van der Waals surface area contributed by atoms with Gasteiger partial charge in [0.25, 0.3) is 0 Å². The Bertz CT molecular complexity index is 7020. The topological polar surface area (TPSA) is 25.8 Å². The fourth-order valence-electron chi connectivity index (χ4n) is 20.1. The van der Waals surface area contributed by atoms with Crippen LogP contribution in [0.2, 0.25) is 0 Å². The molecule has 10 aliphatic carbocycles. The summed E-state index contributed by atoms with van der Waals surface area (Å²) < 4.78 is 0. The van der Waals surface area contributed by atoms with Gasteiger partial charge in [0.05, 0.1) is 0 Å². The smallest absolute Gasteiger partial charge is 0.0362 e. The van der Waals surface area contributed by atoms with E-state index >= 15 is 0 Å². The average Bonchev–Trinajstić information content (AvgIpc) is 1.60. The first-order valence-corrected chi connectivity index (χ1v) is 45.0. The minimum absolute atomic E-state index is 0.866. The second-order valence-electron chi connectivity index (χ2n) is 33.6. The van der Waals surface area contributed by atoms with Crippen molar-refractivity contribution in [3.05, 3.63) is 445 Å². The van der Waals surface area contributed by atoms with Crippen molar-refractivity contribution in [3.8, 4) is 117 Å². The summed E-state index contributed by atoms with van der Waals surface area (Å²) in [5, 5.41) is 0. The van der Waals surface area contributed by atoms with E-state index in [2.05, 4.69) is 384 Å². The van der Waals surface area contributed by atoms with Crippen LogP contribution in [0.4, 0.5) is 0 Å². The maximum absolute atomic E-state index is 4.16. The van der Waals surface area contributed by atoms with Gasteiger partial charge in [0.15, 0.2) is 0 Å². The number of pyridine rings is 2. The Labute approximate surface area is 767 Å². The van der Waals surface area contributed by atoms with Crippen molar-refractivity contribution in [1.29, 1.82) is 0 Å². The van der Waals surface area contributed by atoms with E-state index in [0.29, 0.717) is 0 Å². The molecule has 0 aliphatic heterocycles.